The third-order valence-electron chi connectivity index (χ3n) is 3.48. The van der Waals surface area contributed by atoms with Crippen LogP contribution in [-0.4, -0.2) is 34.2 Å². The van der Waals surface area contributed by atoms with Crippen molar-refractivity contribution in [3.63, 3.8) is 0 Å². The first-order valence-electron chi connectivity index (χ1n) is 8.14. The van der Waals surface area contributed by atoms with Crippen LogP contribution in [0.1, 0.15) is 51.7 Å². The number of benzene rings is 1. The van der Waals surface area contributed by atoms with E-state index in [2.05, 4.69) is 13.8 Å². The van der Waals surface area contributed by atoms with Crippen molar-refractivity contribution in [3.8, 4) is 0 Å². The molecule has 0 N–H and O–H groups in total. The Hall–Kier alpha value is -2.08. The van der Waals surface area contributed by atoms with Gasteiger partial charge in [-0.2, -0.15) is 0 Å². The third-order valence-corrected chi connectivity index (χ3v) is 4.39. The summed E-state index contributed by atoms with van der Waals surface area (Å²) in [7, 11) is 0. The first kappa shape index (κ1) is 19.2. The Morgan fingerprint density at radius 3 is 2.32 bits per heavy atom. The summed E-state index contributed by atoms with van der Waals surface area (Å²) in [4.78, 5) is 37.6. The molecule has 6 heteroatoms. The minimum Gasteiger partial charge on any atom is -0.459 e. The lowest BCUT2D eigenvalue weighted by Crippen LogP contribution is -2.37. The average molecular weight is 361 g/mol. The fourth-order valence-electron chi connectivity index (χ4n) is 2.27. The monoisotopic (exact) mass is 361 g/mol. The van der Waals surface area contributed by atoms with Crippen LogP contribution in [0.3, 0.4) is 0 Å². The second kappa shape index (κ2) is 7.44. The quantitative estimate of drug-likeness (QED) is 0.594. The van der Waals surface area contributed by atoms with Crippen molar-refractivity contribution in [2.45, 2.75) is 46.1 Å². The van der Waals surface area contributed by atoms with Gasteiger partial charge in [0.05, 0.1) is 4.91 Å². The average Bonchev–Trinajstić information content (AvgIpc) is 2.73. The Kier molecular flexibility index (Phi) is 5.72. The number of imide groups is 1. The van der Waals surface area contributed by atoms with Gasteiger partial charge in [0.25, 0.3) is 11.1 Å². The topological polar surface area (TPSA) is 63.7 Å². The van der Waals surface area contributed by atoms with Gasteiger partial charge in [-0.1, -0.05) is 38.1 Å². The Balaban J connectivity index is 2.10. The number of hydrogen-bond acceptors (Lipinski definition) is 5. The Bertz CT molecular complexity index is 714. The molecule has 1 saturated heterocycles. The highest BCUT2D eigenvalue weighted by Crippen LogP contribution is 2.32. The summed E-state index contributed by atoms with van der Waals surface area (Å²) < 4.78 is 5.17. The number of esters is 1. The molecule has 1 aromatic carbocycles. The van der Waals surface area contributed by atoms with E-state index >= 15 is 0 Å². The van der Waals surface area contributed by atoms with Crippen molar-refractivity contribution in [3.05, 3.63) is 40.3 Å². The molecule has 0 bridgehead atoms. The molecular weight excluding hydrogens is 338 g/mol. The summed E-state index contributed by atoms with van der Waals surface area (Å²) in [6.07, 6.45) is 1.67. The zero-order chi connectivity index (χ0) is 18.8. The minimum atomic E-state index is -0.660. The molecule has 0 unspecified atom stereocenters. The SMILES string of the molecule is CC(C)c1ccc(C=C2SC(=O)N(CC(=O)OC(C)(C)C)C2=O)cc1. The lowest BCUT2D eigenvalue weighted by Gasteiger charge is -2.21. The van der Waals surface area contributed by atoms with Gasteiger partial charge in [0.1, 0.15) is 12.1 Å². The van der Waals surface area contributed by atoms with E-state index in [4.69, 9.17) is 4.74 Å². The molecule has 25 heavy (non-hydrogen) atoms. The van der Waals surface area contributed by atoms with Gasteiger partial charge in [-0.15, -0.1) is 0 Å². The lowest BCUT2D eigenvalue weighted by molar-refractivity contribution is -0.156. The molecule has 1 aliphatic rings. The fourth-order valence-corrected chi connectivity index (χ4v) is 3.11. The van der Waals surface area contributed by atoms with E-state index in [9.17, 15) is 14.4 Å². The van der Waals surface area contributed by atoms with Gasteiger partial charge in [-0.05, 0) is 55.7 Å². The van der Waals surface area contributed by atoms with Gasteiger partial charge in [0, 0.05) is 0 Å². The van der Waals surface area contributed by atoms with E-state index in [0.717, 1.165) is 22.2 Å². The molecule has 0 saturated carbocycles. The van der Waals surface area contributed by atoms with Crippen molar-refractivity contribution >= 4 is 35.0 Å². The maximum absolute atomic E-state index is 12.4. The second-order valence-electron chi connectivity index (χ2n) is 7.18. The molecule has 0 spiro atoms. The largest absolute Gasteiger partial charge is 0.459 e. The van der Waals surface area contributed by atoms with Gasteiger partial charge in [-0.25, -0.2) is 0 Å². The van der Waals surface area contributed by atoms with Gasteiger partial charge in [0.2, 0.25) is 0 Å². The van der Waals surface area contributed by atoms with Crippen LogP contribution in [0, 0.1) is 0 Å². The lowest BCUT2D eigenvalue weighted by atomic mass is 10.0. The molecule has 1 heterocycles. The Labute approximate surface area is 152 Å². The fraction of sp³-hybridized carbons (Fsp3) is 0.421. The van der Waals surface area contributed by atoms with Gasteiger partial charge in [0.15, 0.2) is 0 Å². The van der Waals surface area contributed by atoms with Gasteiger partial charge in [-0.3, -0.25) is 19.3 Å². The highest BCUT2D eigenvalue weighted by molar-refractivity contribution is 8.18. The molecular formula is C19H23NO4S. The van der Waals surface area contributed by atoms with Crippen LogP contribution in [0.25, 0.3) is 6.08 Å². The van der Waals surface area contributed by atoms with Gasteiger partial charge < -0.3 is 4.74 Å². The number of rotatable bonds is 4. The number of nitrogens with zero attached hydrogens (tertiary/aromatic N) is 1. The number of ether oxygens (including phenoxy) is 1. The third kappa shape index (κ3) is 5.19. The van der Waals surface area contributed by atoms with E-state index in [1.807, 2.05) is 24.3 Å². The van der Waals surface area contributed by atoms with E-state index < -0.39 is 22.7 Å². The van der Waals surface area contributed by atoms with E-state index in [1.54, 1.807) is 26.8 Å². The normalized spacial score (nSPS) is 16.9. The predicted octanol–water partition coefficient (Wildman–Crippen LogP) is 4.19. The maximum Gasteiger partial charge on any atom is 0.326 e. The van der Waals surface area contributed by atoms with Crippen LogP contribution >= 0.6 is 11.8 Å². The molecule has 1 aliphatic heterocycles. The van der Waals surface area contributed by atoms with Crippen LogP contribution in [0.5, 0.6) is 0 Å². The molecule has 134 valence electrons. The molecule has 0 atom stereocenters. The molecule has 1 aromatic rings. The molecule has 2 rings (SSSR count). The molecule has 5 nitrogen and oxygen atoms in total. The summed E-state index contributed by atoms with van der Waals surface area (Å²) in [5.74, 6) is -0.638. The molecule has 2 amide bonds. The zero-order valence-electron chi connectivity index (χ0n) is 15.2. The van der Waals surface area contributed by atoms with E-state index in [-0.39, 0.29) is 6.54 Å². The van der Waals surface area contributed by atoms with Crippen LogP contribution in [-0.2, 0) is 14.3 Å². The minimum absolute atomic E-state index is 0.311. The second-order valence-corrected chi connectivity index (χ2v) is 8.17. The highest BCUT2D eigenvalue weighted by atomic mass is 32.2. The maximum atomic E-state index is 12.4. The van der Waals surface area contributed by atoms with Crippen LogP contribution < -0.4 is 0 Å². The smallest absolute Gasteiger partial charge is 0.326 e. The highest BCUT2D eigenvalue weighted by Gasteiger charge is 2.37. The van der Waals surface area contributed by atoms with Crippen molar-refractivity contribution in [2.75, 3.05) is 6.54 Å². The van der Waals surface area contributed by atoms with Crippen LogP contribution in [0.15, 0.2) is 29.2 Å². The summed E-state index contributed by atoms with van der Waals surface area (Å²) in [5.41, 5.74) is 1.38. The molecule has 0 aliphatic carbocycles. The molecule has 0 radical (unpaired) electrons. The van der Waals surface area contributed by atoms with Crippen molar-refractivity contribution < 1.29 is 19.1 Å². The number of hydrogen-bond donors (Lipinski definition) is 0. The summed E-state index contributed by atoms with van der Waals surface area (Å²) in [6, 6.07) is 7.83. The Morgan fingerprint density at radius 2 is 1.80 bits per heavy atom. The first-order valence-corrected chi connectivity index (χ1v) is 8.95. The van der Waals surface area contributed by atoms with Crippen LogP contribution in [0.2, 0.25) is 0 Å². The van der Waals surface area contributed by atoms with Crippen LogP contribution in [0.4, 0.5) is 4.79 Å². The first-order chi connectivity index (χ1) is 11.6. The molecule has 0 aromatic heterocycles. The van der Waals surface area contributed by atoms with Crippen molar-refractivity contribution in [2.24, 2.45) is 0 Å². The van der Waals surface area contributed by atoms with E-state index in [1.165, 1.54) is 5.56 Å². The number of amides is 2. The van der Waals surface area contributed by atoms with Crippen molar-refractivity contribution in [1.29, 1.82) is 0 Å². The summed E-state index contributed by atoms with van der Waals surface area (Å²) in [6.45, 7) is 9.05. The zero-order valence-corrected chi connectivity index (χ0v) is 16.0. The number of thioether (sulfide) groups is 1. The number of carbonyl (C=O) groups is 3. The van der Waals surface area contributed by atoms with Gasteiger partial charge >= 0.3 is 5.97 Å². The predicted molar refractivity (Wildman–Crippen MR) is 99.1 cm³/mol. The number of carbonyl (C=O) groups excluding carboxylic acids is 3. The standard InChI is InChI=1S/C19H23NO4S/c1-12(2)14-8-6-13(7-9-14)10-15-17(22)20(18(23)25-15)11-16(21)24-19(3,4)5/h6-10,12H,11H2,1-5H3. The molecule has 1 fully saturated rings. The summed E-state index contributed by atoms with van der Waals surface area (Å²) >= 11 is 0.838. The summed E-state index contributed by atoms with van der Waals surface area (Å²) in [5, 5.41) is -0.457. The Morgan fingerprint density at radius 1 is 1.20 bits per heavy atom. The van der Waals surface area contributed by atoms with E-state index in [0.29, 0.717) is 10.8 Å². The van der Waals surface area contributed by atoms with Crippen molar-refractivity contribution in [1.82, 2.24) is 4.90 Å².